The SMILES string of the molecule is CC(C)(C)OC(=O)C(C)(C)C1=CCNCC1. The van der Waals surface area contributed by atoms with Crippen molar-refractivity contribution in [1.29, 1.82) is 0 Å². The quantitative estimate of drug-likeness (QED) is 0.579. The molecule has 1 aliphatic rings. The summed E-state index contributed by atoms with van der Waals surface area (Å²) in [5, 5.41) is 3.25. The zero-order valence-corrected chi connectivity index (χ0v) is 11.0. The van der Waals surface area contributed by atoms with Crippen LogP contribution in [0.4, 0.5) is 0 Å². The lowest BCUT2D eigenvalue weighted by Crippen LogP contribution is -2.37. The third-order valence-electron chi connectivity index (χ3n) is 2.78. The molecule has 0 spiro atoms. The van der Waals surface area contributed by atoms with Crippen molar-refractivity contribution < 1.29 is 9.53 Å². The monoisotopic (exact) mass is 225 g/mol. The summed E-state index contributed by atoms with van der Waals surface area (Å²) < 4.78 is 5.46. The van der Waals surface area contributed by atoms with Crippen LogP contribution in [0.2, 0.25) is 0 Å². The number of esters is 1. The summed E-state index contributed by atoms with van der Waals surface area (Å²) in [7, 11) is 0. The van der Waals surface area contributed by atoms with Gasteiger partial charge in [-0.25, -0.2) is 0 Å². The van der Waals surface area contributed by atoms with Gasteiger partial charge in [0.2, 0.25) is 0 Å². The fourth-order valence-electron chi connectivity index (χ4n) is 1.73. The van der Waals surface area contributed by atoms with E-state index in [1.165, 1.54) is 5.57 Å². The number of ether oxygens (including phenoxy) is 1. The fourth-order valence-corrected chi connectivity index (χ4v) is 1.73. The van der Waals surface area contributed by atoms with E-state index in [4.69, 9.17) is 4.74 Å². The van der Waals surface area contributed by atoms with Gasteiger partial charge in [-0.05, 0) is 47.6 Å². The lowest BCUT2D eigenvalue weighted by atomic mass is 9.81. The van der Waals surface area contributed by atoms with Gasteiger partial charge in [0.05, 0.1) is 5.41 Å². The van der Waals surface area contributed by atoms with Crippen LogP contribution in [-0.4, -0.2) is 24.7 Å². The topological polar surface area (TPSA) is 38.3 Å². The molecule has 0 fully saturated rings. The van der Waals surface area contributed by atoms with E-state index in [0.29, 0.717) is 0 Å². The van der Waals surface area contributed by atoms with Crippen molar-refractivity contribution >= 4 is 5.97 Å². The maximum atomic E-state index is 12.1. The summed E-state index contributed by atoms with van der Waals surface area (Å²) in [5.74, 6) is -0.131. The first-order chi connectivity index (χ1) is 7.23. The number of carbonyl (C=O) groups is 1. The van der Waals surface area contributed by atoms with E-state index in [1.54, 1.807) is 0 Å². The number of hydrogen-bond donors (Lipinski definition) is 1. The Morgan fingerprint density at radius 3 is 2.38 bits per heavy atom. The van der Waals surface area contributed by atoms with Gasteiger partial charge in [-0.2, -0.15) is 0 Å². The molecule has 3 heteroatoms. The van der Waals surface area contributed by atoms with Crippen LogP contribution in [0.5, 0.6) is 0 Å². The molecule has 1 aliphatic heterocycles. The van der Waals surface area contributed by atoms with Crippen molar-refractivity contribution in [2.75, 3.05) is 13.1 Å². The number of rotatable bonds is 2. The van der Waals surface area contributed by atoms with Crippen LogP contribution in [0.15, 0.2) is 11.6 Å². The lowest BCUT2D eigenvalue weighted by Gasteiger charge is -2.32. The highest BCUT2D eigenvalue weighted by Gasteiger charge is 2.36. The van der Waals surface area contributed by atoms with E-state index < -0.39 is 11.0 Å². The second-order valence-corrected chi connectivity index (χ2v) is 5.81. The summed E-state index contributed by atoms with van der Waals surface area (Å²) in [5.41, 5.74) is 0.262. The van der Waals surface area contributed by atoms with Gasteiger partial charge in [-0.1, -0.05) is 11.6 Å². The summed E-state index contributed by atoms with van der Waals surface area (Å²) in [6.45, 7) is 11.4. The van der Waals surface area contributed by atoms with E-state index >= 15 is 0 Å². The number of nitrogens with one attached hydrogen (secondary N) is 1. The summed E-state index contributed by atoms with van der Waals surface area (Å²) >= 11 is 0. The molecular formula is C13H23NO2. The first-order valence-electron chi connectivity index (χ1n) is 5.87. The minimum atomic E-state index is -0.505. The van der Waals surface area contributed by atoms with Gasteiger partial charge in [0.25, 0.3) is 0 Å². The van der Waals surface area contributed by atoms with E-state index in [2.05, 4.69) is 11.4 Å². The van der Waals surface area contributed by atoms with Crippen LogP contribution in [0.3, 0.4) is 0 Å². The van der Waals surface area contributed by atoms with E-state index in [9.17, 15) is 4.79 Å². The largest absolute Gasteiger partial charge is 0.459 e. The minimum absolute atomic E-state index is 0.131. The highest BCUT2D eigenvalue weighted by Crippen LogP contribution is 2.32. The molecule has 0 radical (unpaired) electrons. The van der Waals surface area contributed by atoms with Crippen molar-refractivity contribution in [1.82, 2.24) is 5.32 Å². The zero-order valence-electron chi connectivity index (χ0n) is 11.0. The molecular weight excluding hydrogens is 202 g/mol. The van der Waals surface area contributed by atoms with Crippen LogP contribution >= 0.6 is 0 Å². The van der Waals surface area contributed by atoms with Crippen LogP contribution < -0.4 is 5.32 Å². The Labute approximate surface area is 98.2 Å². The van der Waals surface area contributed by atoms with Crippen molar-refractivity contribution in [2.24, 2.45) is 5.41 Å². The summed E-state index contributed by atoms with van der Waals surface area (Å²) in [6, 6.07) is 0. The Morgan fingerprint density at radius 2 is 1.94 bits per heavy atom. The van der Waals surface area contributed by atoms with Crippen LogP contribution in [-0.2, 0) is 9.53 Å². The van der Waals surface area contributed by atoms with Gasteiger partial charge in [0.1, 0.15) is 5.60 Å². The Hall–Kier alpha value is -0.830. The molecule has 3 nitrogen and oxygen atoms in total. The Morgan fingerprint density at radius 1 is 1.31 bits per heavy atom. The molecule has 0 aromatic carbocycles. The predicted octanol–water partition coefficient (Wildman–Crippen LogP) is 2.27. The zero-order chi connectivity index (χ0) is 12.4. The first-order valence-corrected chi connectivity index (χ1v) is 5.87. The van der Waals surface area contributed by atoms with Crippen molar-refractivity contribution in [3.05, 3.63) is 11.6 Å². The van der Waals surface area contributed by atoms with Crippen LogP contribution in [0.1, 0.15) is 41.0 Å². The highest BCUT2D eigenvalue weighted by molar-refractivity contribution is 5.80. The molecule has 0 amide bonds. The molecule has 0 aromatic rings. The molecule has 0 saturated heterocycles. The van der Waals surface area contributed by atoms with E-state index in [-0.39, 0.29) is 5.97 Å². The van der Waals surface area contributed by atoms with E-state index in [0.717, 1.165) is 19.5 Å². The maximum absolute atomic E-state index is 12.1. The average molecular weight is 225 g/mol. The third-order valence-corrected chi connectivity index (χ3v) is 2.78. The second-order valence-electron chi connectivity index (χ2n) is 5.81. The lowest BCUT2D eigenvalue weighted by molar-refractivity contribution is -0.163. The maximum Gasteiger partial charge on any atom is 0.316 e. The minimum Gasteiger partial charge on any atom is -0.459 e. The summed E-state index contributed by atoms with van der Waals surface area (Å²) in [6.07, 6.45) is 3.03. The average Bonchev–Trinajstić information content (AvgIpc) is 2.16. The molecule has 0 atom stereocenters. The molecule has 0 saturated carbocycles. The Bertz CT molecular complexity index is 298. The Kier molecular flexibility index (Phi) is 3.79. The molecule has 92 valence electrons. The normalized spacial score (nSPS) is 17.9. The van der Waals surface area contributed by atoms with Gasteiger partial charge in [-0.3, -0.25) is 4.79 Å². The molecule has 1 rings (SSSR count). The molecule has 16 heavy (non-hydrogen) atoms. The van der Waals surface area contributed by atoms with Crippen molar-refractivity contribution in [3.8, 4) is 0 Å². The first kappa shape index (κ1) is 13.2. The number of hydrogen-bond acceptors (Lipinski definition) is 3. The van der Waals surface area contributed by atoms with Crippen molar-refractivity contribution in [3.63, 3.8) is 0 Å². The molecule has 0 aromatic heterocycles. The van der Waals surface area contributed by atoms with Gasteiger partial charge in [0, 0.05) is 6.54 Å². The van der Waals surface area contributed by atoms with E-state index in [1.807, 2.05) is 34.6 Å². The summed E-state index contributed by atoms with van der Waals surface area (Å²) in [4.78, 5) is 12.1. The molecule has 0 aliphatic carbocycles. The van der Waals surface area contributed by atoms with Crippen molar-refractivity contribution in [2.45, 2.75) is 46.6 Å². The van der Waals surface area contributed by atoms with Gasteiger partial charge in [-0.15, -0.1) is 0 Å². The second kappa shape index (κ2) is 4.58. The highest BCUT2D eigenvalue weighted by atomic mass is 16.6. The Balaban J connectivity index is 2.76. The number of carbonyl (C=O) groups excluding carboxylic acids is 1. The van der Waals surface area contributed by atoms with Gasteiger partial charge < -0.3 is 10.1 Å². The molecule has 1 N–H and O–H groups in total. The van der Waals surface area contributed by atoms with Gasteiger partial charge in [0.15, 0.2) is 0 Å². The predicted molar refractivity (Wildman–Crippen MR) is 65.2 cm³/mol. The van der Waals surface area contributed by atoms with Crippen LogP contribution in [0, 0.1) is 5.41 Å². The molecule has 0 bridgehead atoms. The fraction of sp³-hybridized carbons (Fsp3) is 0.769. The molecule has 0 unspecified atom stereocenters. The van der Waals surface area contributed by atoms with Gasteiger partial charge >= 0.3 is 5.97 Å². The molecule has 1 heterocycles. The smallest absolute Gasteiger partial charge is 0.316 e. The third kappa shape index (κ3) is 3.34. The van der Waals surface area contributed by atoms with Crippen LogP contribution in [0.25, 0.3) is 0 Å². The standard InChI is InChI=1S/C13H23NO2/c1-12(2,3)16-11(15)13(4,5)10-6-8-14-9-7-10/h6,14H,7-9H2,1-5H3.